The maximum Gasteiger partial charge on any atom is 0.342 e. The molecule has 0 saturated carbocycles. The highest BCUT2D eigenvalue weighted by molar-refractivity contribution is 5.94. The Balaban J connectivity index is 2.00. The van der Waals surface area contributed by atoms with Crippen LogP contribution in [0.3, 0.4) is 0 Å². The van der Waals surface area contributed by atoms with E-state index < -0.39 is 17.3 Å². The van der Waals surface area contributed by atoms with Crippen LogP contribution in [0.4, 0.5) is 0 Å². The van der Waals surface area contributed by atoms with Gasteiger partial charge in [0.15, 0.2) is 0 Å². The van der Waals surface area contributed by atoms with Crippen molar-refractivity contribution in [3.05, 3.63) is 71.8 Å². The van der Waals surface area contributed by atoms with Crippen molar-refractivity contribution in [3.8, 4) is 0 Å². The van der Waals surface area contributed by atoms with E-state index in [1.165, 1.54) is 0 Å². The average Bonchev–Trinajstić information content (AvgIpc) is 2.53. The number of hydroxylamine groups is 1. The summed E-state index contributed by atoms with van der Waals surface area (Å²) in [6.45, 7) is 3.50. The van der Waals surface area contributed by atoms with Gasteiger partial charge in [0, 0.05) is 5.56 Å². The fourth-order valence-corrected chi connectivity index (χ4v) is 1.84. The molecule has 0 heterocycles. The Hall–Kier alpha value is -2.62. The summed E-state index contributed by atoms with van der Waals surface area (Å²) in [6.07, 6.45) is 0. The van der Waals surface area contributed by atoms with Crippen molar-refractivity contribution in [2.75, 3.05) is 0 Å². The molecule has 0 unspecified atom stereocenters. The number of hydrogen-bond donors (Lipinski definition) is 1. The highest BCUT2D eigenvalue weighted by Gasteiger charge is 2.32. The number of carbonyl (C=O) groups is 2. The molecule has 0 saturated heterocycles. The van der Waals surface area contributed by atoms with Gasteiger partial charge in [-0.25, -0.2) is 4.79 Å². The molecule has 2 rings (SSSR count). The van der Waals surface area contributed by atoms with Gasteiger partial charge in [0.25, 0.3) is 5.91 Å². The number of benzene rings is 2. The summed E-state index contributed by atoms with van der Waals surface area (Å²) in [6, 6.07) is 17.9. The van der Waals surface area contributed by atoms with Gasteiger partial charge in [0.1, 0.15) is 0 Å². The van der Waals surface area contributed by atoms with Gasteiger partial charge in [-0.15, -0.1) is 0 Å². The third kappa shape index (κ3) is 3.48. The van der Waals surface area contributed by atoms with Gasteiger partial charge < -0.3 is 4.84 Å². The molecule has 0 spiro atoms. The lowest BCUT2D eigenvalue weighted by Crippen LogP contribution is -2.37. The number of carbonyl (C=O) groups excluding carboxylic acids is 2. The zero-order valence-corrected chi connectivity index (χ0v) is 12.0. The summed E-state index contributed by atoms with van der Waals surface area (Å²) in [4.78, 5) is 28.9. The first-order chi connectivity index (χ1) is 10.0. The van der Waals surface area contributed by atoms with Crippen molar-refractivity contribution in [1.29, 1.82) is 0 Å². The molecule has 4 heteroatoms. The first-order valence-electron chi connectivity index (χ1n) is 6.64. The topological polar surface area (TPSA) is 55.4 Å². The Morgan fingerprint density at radius 2 is 1.43 bits per heavy atom. The number of amides is 1. The van der Waals surface area contributed by atoms with E-state index in [-0.39, 0.29) is 0 Å². The number of hydrogen-bond acceptors (Lipinski definition) is 3. The molecule has 0 bridgehead atoms. The Bertz CT molecular complexity index is 621. The predicted octanol–water partition coefficient (Wildman–Crippen LogP) is 2.85. The minimum atomic E-state index is -0.842. The second kappa shape index (κ2) is 6.22. The standard InChI is InChI=1S/C17H17NO3/c1-17(2,14-11-7-4-8-12-14)16(20)21-18-15(19)13-9-5-3-6-10-13/h3-12H,1-2H3,(H,18,19). The Morgan fingerprint density at radius 3 is 2.00 bits per heavy atom. The van der Waals surface area contributed by atoms with Crippen LogP contribution in [0.2, 0.25) is 0 Å². The molecule has 4 nitrogen and oxygen atoms in total. The summed E-state index contributed by atoms with van der Waals surface area (Å²) in [7, 11) is 0. The Morgan fingerprint density at radius 1 is 0.905 bits per heavy atom. The van der Waals surface area contributed by atoms with Crippen LogP contribution in [-0.2, 0) is 15.0 Å². The van der Waals surface area contributed by atoms with Gasteiger partial charge in [-0.2, -0.15) is 5.48 Å². The Labute approximate surface area is 123 Å². The molecule has 1 N–H and O–H groups in total. The van der Waals surface area contributed by atoms with Crippen molar-refractivity contribution in [1.82, 2.24) is 5.48 Å². The van der Waals surface area contributed by atoms with Crippen molar-refractivity contribution in [2.45, 2.75) is 19.3 Å². The maximum atomic E-state index is 12.2. The van der Waals surface area contributed by atoms with E-state index in [2.05, 4.69) is 5.48 Å². The monoisotopic (exact) mass is 283 g/mol. The van der Waals surface area contributed by atoms with E-state index in [0.29, 0.717) is 5.56 Å². The molecule has 0 aliphatic heterocycles. The number of rotatable bonds is 3. The van der Waals surface area contributed by atoms with Crippen LogP contribution in [0.5, 0.6) is 0 Å². The second-order valence-corrected chi connectivity index (χ2v) is 5.18. The van der Waals surface area contributed by atoms with Gasteiger partial charge in [-0.05, 0) is 31.5 Å². The zero-order valence-electron chi connectivity index (χ0n) is 12.0. The van der Waals surface area contributed by atoms with Crippen LogP contribution in [0.1, 0.15) is 29.8 Å². The molecule has 0 fully saturated rings. The summed E-state index contributed by atoms with van der Waals surface area (Å²) in [5.74, 6) is -0.967. The van der Waals surface area contributed by atoms with Crippen molar-refractivity contribution >= 4 is 11.9 Å². The summed E-state index contributed by atoms with van der Waals surface area (Å²) in [5.41, 5.74) is 2.60. The van der Waals surface area contributed by atoms with Crippen molar-refractivity contribution in [3.63, 3.8) is 0 Å². The van der Waals surface area contributed by atoms with Crippen LogP contribution >= 0.6 is 0 Å². The molecule has 0 aliphatic rings. The first-order valence-corrected chi connectivity index (χ1v) is 6.64. The van der Waals surface area contributed by atoms with Gasteiger partial charge in [-0.3, -0.25) is 4.79 Å². The quantitative estimate of drug-likeness (QED) is 0.881. The summed E-state index contributed by atoms with van der Waals surface area (Å²) >= 11 is 0. The smallest absolute Gasteiger partial charge is 0.340 e. The third-order valence-corrected chi connectivity index (χ3v) is 3.28. The largest absolute Gasteiger partial charge is 0.342 e. The fraction of sp³-hybridized carbons (Fsp3) is 0.176. The molecule has 21 heavy (non-hydrogen) atoms. The lowest BCUT2D eigenvalue weighted by atomic mass is 9.85. The molecule has 0 aromatic heterocycles. The molecule has 0 radical (unpaired) electrons. The van der Waals surface area contributed by atoms with E-state index in [1.807, 2.05) is 30.3 Å². The lowest BCUT2D eigenvalue weighted by Gasteiger charge is -2.22. The molecule has 2 aromatic carbocycles. The third-order valence-electron chi connectivity index (χ3n) is 3.28. The van der Waals surface area contributed by atoms with Gasteiger partial charge in [0.05, 0.1) is 5.41 Å². The van der Waals surface area contributed by atoms with E-state index in [9.17, 15) is 9.59 Å². The summed E-state index contributed by atoms with van der Waals surface area (Å²) < 4.78 is 0. The van der Waals surface area contributed by atoms with Crippen LogP contribution in [0.15, 0.2) is 60.7 Å². The van der Waals surface area contributed by atoms with Gasteiger partial charge in [-0.1, -0.05) is 48.5 Å². The van der Waals surface area contributed by atoms with Crippen molar-refractivity contribution < 1.29 is 14.4 Å². The molecule has 0 aliphatic carbocycles. The Kier molecular flexibility index (Phi) is 4.38. The summed E-state index contributed by atoms with van der Waals surface area (Å²) in [5, 5.41) is 0. The van der Waals surface area contributed by atoms with E-state index in [4.69, 9.17) is 4.84 Å². The normalized spacial score (nSPS) is 10.8. The van der Waals surface area contributed by atoms with Crippen LogP contribution < -0.4 is 5.48 Å². The van der Waals surface area contributed by atoms with E-state index >= 15 is 0 Å². The molecule has 1 amide bonds. The maximum absolute atomic E-state index is 12.2. The lowest BCUT2D eigenvalue weighted by molar-refractivity contribution is -0.154. The minimum absolute atomic E-state index is 0.433. The van der Waals surface area contributed by atoms with E-state index in [0.717, 1.165) is 5.56 Å². The molecule has 108 valence electrons. The van der Waals surface area contributed by atoms with Crippen LogP contribution in [0.25, 0.3) is 0 Å². The van der Waals surface area contributed by atoms with Gasteiger partial charge in [0.2, 0.25) is 0 Å². The highest BCUT2D eigenvalue weighted by Crippen LogP contribution is 2.24. The van der Waals surface area contributed by atoms with Crippen LogP contribution in [-0.4, -0.2) is 11.9 Å². The molecule has 2 aromatic rings. The second-order valence-electron chi connectivity index (χ2n) is 5.18. The molecule has 0 atom stereocenters. The zero-order chi connectivity index (χ0) is 15.3. The highest BCUT2D eigenvalue weighted by atomic mass is 16.7. The molecular weight excluding hydrogens is 266 g/mol. The SMILES string of the molecule is CC(C)(C(=O)ONC(=O)c1ccccc1)c1ccccc1. The minimum Gasteiger partial charge on any atom is -0.340 e. The predicted molar refractivity (Wildman–Crippen MR) is 79.5 cm³/mol. The number of nitrogens with one attached hydrogen (secondary N) is 1. The van der Waals surface area contributed by atoms with Gasteiger partial charge >= 0.3 is 5.97 Å². The fourth-order valence-electron chi connectivity index (χ4n) is 1.84. The first kappa shape index (κ1) is 14.8. The van der Waals surface area contributed by atoms with Crippen molar-refractivity contribution in [2.24, 2.45) is 0 Å². The van der Waals surface area contributed by atoms with E-state index in [1.54, 1.807) is 44.2 Å². The average molecular weight is 283 g/mol. The molecular formula is C17H17NO3. The van der Waals surface area contributed by atoms with Crippen LogP contribution in [0, 0.1) is 0 Å².